The molecule has 6 nitrogen and oxygen atoms in total. The maximum absolute atomic E-state index is 13.1. The van der Waals surface area contributed by atoms with Crippen LogP contribution in [-0.4, -0.2) is 44.7 Å². The number of nitrogens with zero attached hydrogens (tertiary/aromatic N) is 1. The average molecular weight is 424 g/mol. The van der Waals surface area contributed by atoms with Gasteiger partial charge in [-0.1, -0.05) is 35.9 Å². The Hall–Kier alpha value is -2.09. The minimum Gasteiger partial charge on any atom is -0.383 e. The fourth-order valence-electron chi connectivity index (χ4n) is 3.10. The van der Waals surface area contributed by atoms with Crippen molar-refractivity contribution in [3.05, 3.63) is 64.7 Å². The first-order chi connectivity index (χ1) is 13.3. The molecule has 2 aromatic rings. The topological polar surface area (TPSA) is 72.9 Å². The van der Waals surface area contributed by atoms with E-state index >= 15 is 0 Å². The molecule has 150 valence electrons. The summed E-state index contributed by atoms with van der Waals surface area (Å²) in [7, 11) is -3.58. The standard InChI is InChI=1S/C20H22ClNO5S/c1-28(24,25)27-16-10-8-15(9-11-16)13-22(14-17-5-4-12-26-17)20(23)18-6-2-3-7-19(18)21/h2-3,6-11,17H,4-5,12-14H2,1H3/t17-/m1/s1. The monoisotopic (exact) mass is 423 g/mol. The van der Waals surface area contributed by atoms with Crippen molar-refractivity contribution in [2.45, 2.75) is 25.5 Å². The summed E-state index contributed by atoms with van der Waals surface area (Å²) in [6.45, 7) is 1.52. The molecule has 0 spiro atoms. The van der Waals surface area contributed by atoms with Gasteiger partial charge in [-0.05, 0) is 42.7 Å². The quantitative estimate of drug-likeness (QED) is 0.637. The number of hydrogen-bond donors (Lipinski definition) is 0. The zero-order valence-electron chi connectivity index (χ0n) is 15.5. The summed E-state index contributed by atoms with van der Waals surface area (Å²) in [6.07, 6.45) is 2.88. The van der Waals surface area contributed by atoms with Crippen LogP contribution in [0.1, 0.15) is 28.8 Å². The van der Waals surface area contributed by atoms with Gasteiger partial charge < -0.3 is 13.8 Å². The molecule has 0 aromatic heterocycles. The molecule has 3 rings (SSSR count). The van der Waals surface area contributed by atoms with Gasteiger partial charge in [-0.2, -0.15) is 8.42 Å². The third-order valence-corrected chi connectivity index (χ3v) is 5.21. The molecular formula is C20H22ClNO5S. The van der Waals surface area contributed by atoms with Gasteiger partial charge in [0.2, 0.25) is 0 Å². The zero-order chi connectivity index (χ0) is 20.1. The Morgan fingerprint density at radius 3 is 2.54 bits per heavy atom. The molecule has 0 saturated carbocycles. The molecule has 0 aliphatic carbocycles. The van der Waals surface area contributed by atoms with Crippen molar-refractivity contribution >= 4 is 27.6 Å². The van der Waals surface area contributed by atoms with Crippen molar-refractivity contribution in [1.82, 2.24) is 4.90 Å². The van der Waals surface area contributed by atoms with E-state index in [9.17, 15) is 13.2 Å². The summed E-state index contributed by atoms with van der Waals surface area (Å²) in [4.78, 5) is 14.8. The highest BCUT2D eigenvalue weighted by atomic mass is 35.5. The van der Waals surface area contributed by atoms with Gasteiger partial charge in [0.15, 0.2) is 0 Å². The van der Waals surface area contributed by atoms with E-state index in [1.807, 2.05) is 0 Å². The lowest BCUT2D eigenvalue weighted by molar-refractivity contribution is 0.0507. The molecule has 0 radical (unpaired) electrons. The Labute approximate surface area is 170 Å². The Bertz CT molecular complexity index is 924. The van der Waals surface area contributed by atoms with Crippen LogP contribution in [0.3, 0.4) is 0 Å². The van der Waals surface area contributed by atoms with Crippen molar-refractivity contribution < 1.29 is 22.1 Å². The molecule has 0 bridgehead atoms. The number of hydrogen-bond acceptors (Lipinski definition) is 5. The lowest BCUT2D eigenvalue weighted by atomic mass is 10.1. The SMILES string of the molecule is CS(=O)(=O)Oc1ccc(CN(C[C@H]2CCCO2)C(=O)c2ccccc2Cl)cc1. The van der Waals surface area contributed by atoms with Gasteiger partial charge in [0.1, 0.15) is 5.75 Å². The van der Waals surface area contributed by atoms with Crippen LogP contribution >= 0.6 is 11.6 Å². The van der Waals surface area contributed by atoms with Crippen LogP contribution in [0.15, 0.2) is 48.5 Å². The van der Waals surface area contributed by atoms with Crippen molar-refractivity contribution in [2.24, 2.45) is 0 Å². The first-order valence-corrected chi connectivity index (χ1v) is 11.1. The summed E-state index contributed by atoms with van der Waals surface area (Å²) in [5, 5.41) is 0.404. The van der Waals surface area contributed by atoms with Gasteiger partial charge in [-0.15, -0.1) is 0 Å². The Morgan fingerprint density at radius 2 is 1.93 bits per heavy atom. The predicted molar refractivity (Wildman–Crippen MR) is 107 cm³/mol. The lowest BCUT2D eigenvalue weighted by Gasteiger charge is -2.26. The van der Waals surface area contributed by atoms with E-state index in [1.54, 1.807) is 53.4 Å². The van der Waals surface area contributed by atoms with E-state index in [1.165, 1.54) is 0 Å². The van der Waals surface area contributed by atoms with Gasteiger partial charge in [-0.25, -0.2) is 0 Å². The van der Waals surface area contributed by atoms with E-state index in [0.717, 1.165) is 24.7 Å². The van der Waals surface area contributed by atoms with E-state index in [0.29, 0.717) is 30.3 Å². The highest BCUT2D eigenvalue weighted by Gasteiger charge is 2.24. The molecule has 0 N–H and O–H groups in total. The minimum absolute atomic E-state index is 0.000668. The molecule has 0 unspecified atom stereocenters. The second kappa shape index (κ2) is 8.94. The number of rotatable bonds is 7. The average Bonchev–Trinajstić information content (AvgIpc) is 3.14. The number of carbonyl (C=O) groups excluding carboxylic acids is 1. The summed E-state index contributed by atoms with van der Waals surface area (Å²) < 4.78 is 33.0. The van der Waals surface area contributed by atoms with Gasteiger partial charge >= 0.3 is 10.1 Å². The molecule has 1 aliphatic heterocycles. The van der Waals surface area contributed by atoms with Crippen LogP contribution in [0.2, 0.25) is 5.02 Å². The van der Waals surface area contributed by atoms with Gasteiger partial charge in [-0.3, -0.25) is 4.79 Å². The van der Waals surface area contributed by atoms with Crippen LogP contribution in [-0.2, 0) is 21.4 Å². The third-order valence-electron chi connectivity index (χ3n) is 4.38. The van der Waals surface area contributed by atoms with Gasteiger partial charge in [0, 0.05) is 19.7 Å². The van der Waals surface area contributed by atoms with E-state index in [-0.39, 0.29) is 17.8 Å². The van der Waals surface area contributed by atoms with Gasteiger partial charge in [0.05, 0.1) is 22.9 Å². The first kappa shape index (κ1) is 20.6. The molecule has 28 heavy (non-hydrogen) atoms. The molecule has 1 fully saturated rings. The Kier molecular flexibility index (Phi) is 6.59. The Morgan fingerprint density at radius 1 is 1.21 bits per heavy atom. The lowest BCUT2D eigenvalue weighted by Crippen LogP contribution is -2.37. The highest BCUT2D eigenvalue weighted by Crippen LogP contribution is 2.22. The summed E-state index contributed by atoms with van der Waals surface area (Å²) in [5.41, 5.74) is 1.29. The van der Waals surface area contributed by atoms with Crippen molar-refractivity contribution in [3.8, 4) is 5.75 Å². The third kappa shape index (κ3) is 5.70. The summed E-state index contributed by atoms with van der Waals surface area (Å²) >= 11 is 6.21. The molecular weight excluding hydrogens is 402 g/mol. The number of benzene rings is 2. The van der Waals surface area contributed by atoms with Crippen LogP contribution in [0.4, 0.5) is 0 Å². The predicted octanol–water partition coefficient (Wildman–Crippen LogP) is 3.50. The summed E-state index contributed by atoms with van der Waals surface area (Å²) in [6, 6.07) is 13.6. The maximum atomic E-state index is 13.1. The largest absolute Gasteiger partial charge is 0.383 e. The number of halogens is 1. The van der Waals surface area contributed by atoms with E-state index < -0.39 is 10.1 Å². The molecule has 1 amide bonds. The van der Waals surface area contributed by atoms with Crippen LogP contribution in [0.25, 0.3) is 0 Å². The van der Waals surface area contributed by atoms with Crippen LogP contribution in [0, 0.1) is 0 Å². The number of carbonyl (C=O) groups is 1. The highest BCUT2D eigenvalue weighted by molar-refractivity contribution is 7.86. The van der Waals surface area contributed by atoms with Crippen LogP contribution in [0.5, 0.6) is 5.75 Å². The van der Waals surface area contributed by atoms with E-state index in [2.05, 4.69) is 0 Å². The Balaban J connectivity index is 1.78. The maximum Gasteiger partial charge on any atom is 0.306 e. The number of amides is 1. The second-order valence-corrected chi connectivity index (χ2v) is 8.71. The smallest absolute Gasteiger partial charge is 0.306 e. The van der Waals surface area contributed by atoms with Crippen molar-refractivity contribution in [2.75, 3.05) is 19.4 Å². The first-order valence-electron chi connectivity index (χ1n) is 8.95. The second-order valence-electron chi connectivity index (χ2n) is 6.73. The molecule has 1 saturated heterocycles. The van der Waals surface area contributed by atoms with Crippen LogP contribution < -0.4 is 4.18 Å². The fraction of sp³-hybridized carbons (Fsp3) is 0.350. The minimum atomic E-state index is -3.58. The molecule has 2 aromatic carbocycles. The summed E-state index contributed by atoms with van der Waals surface area (Å²) in [5.74, 6) is 0.0620. The fourth-order valence-corrected chi connectivity index (χ4v) is 3.78. The molecule has 1 aliphatic rings. The van der Waals surface area contributed by atoms with E-state index in [4.69, 9.17) is 20.5 Å². The number of ether oxygens (including phenoxy) is 1. The molecule has 8 heteroatoms. The van der Waals surface area contributed by atoms with Crippen molar-refractivity contribution in [1.29, 1.82) is 0 Å². The van der Waals surface area contributed by atoms with Gasteiger partial charge in [0.25, 0.3) is 5.91 Å². The normalized spacial score (nSPS) is 16.7. The zero-order valence-corrected chi connectivity index (χ0v) is 17.1. The molecule has 1 atom stereocenters. The molecule has 1 heterocycles. The van der Waals surface area contributed by atoms with Crippen molar-refractivity contribution in [3.63, 3.8) is 0 Å².